The van der Waals surface area contributed by atoms with Crippen LogP contribution in [0.15, 0.2) is 12.2 Å². The molecule has 83 valence electrons. The van der Waals surface area contributed by atoms with Crippen LogP contribution in [0.25, 0.3) is 0 Å². The van der Waals surface area contributed by atoms with E-state index in [2.05, 4.69) is 0 Å². The van der Waals surface area contributed by atoms with Gasteiger partial charge in [0, 0.05) is 0 Å². The molecule has 0 aromatic heterocycles. The van der Waals surface area contributed by atoms with Crippen molar-refractivity contribution in [2.24, 2.45) is 0 Å². The SMILES string of the molecule is CC[CH]OC/C=C/C(F)(Cl)C(F)(F)Br. The molecule has 0 aromatic carbocycles. The highest BCUT2D eigenvalue weighted by Crippen LogP contribution is 2.42. The van der Waals surface area contributed by atoms with Crippen molar-refractivity contribution in [3.8, 4) is 0 Å². The fraction of sp³-hybridized carbons (Fsp3) is 0.625. The second-order valence-corrected chi connectivity index (χ2v) is 3.98. The van der Waals surface area contributed by atoms with E-state index in [4.69, 9.17) is 16.3 Å². The van der Waals surface area contributed by atoms with Crippen molar-refractivity contribution >= 4 is 27.5 Å². The zero-order valence-corrected chi connectivity index (χ0v) is 9.79. The van der Waals surface area contributed by atoms with Crippen molar-refractivity contribution in [3.63, 3.8) is 0 Å². The van der Waals surface area contributed by atoms with Gasteiger partial charge in [-0.15, -0.1) is 0 Å². The standard InChI is InChI=1S/C8H10BrClF3O/c1-2-5-14-6-3-4-7(10,11)8(9,12)13/h3-5H,2,6H2,1H3/b4-3+. The lowest BCUT2D eigenvalue weighted by Gasteiger charge is -2.18. The van der Waals surface area contributed by atoms with Gasteiger partial charge in [-0.1, -0.05) is 24.6 Å². The van der Waals surface area contributed by atoms with Gasteiger partial charge in [0.25, 0.3) is 5.13 Å². The van der Waals surface area contributed by atoms with Gasteiger partial charge in [-0.05, 0) is 28.4 Å². The molecule has 6 heteroatoms. The quantitative estimate of drug-likeness (QED) is 0.408. The Balaban J connectivity index is 3.97. The normalized spacial score (nSPS) is 17.3. The molecule has 0 amide bonds. The number of ether oxygens (including phenoxy) is 1. The highest BCUT2D eigenvalue weighted by Gasteiger charge is 2.49. The minimum absolute atomic E-state index is 0.00924. The second-order valence-electron chi connectivity index (χ2n) is 2.43. The zero-order valence-electron chi connectivity index (χ0n) is 7.44. The van der Waals surface area contributed by atoms with Crippen molar-refractivity contribution in [2.45, 2.75) is 23.3 Å². The summed E-state index contributed by atoms with van der Waals surface area (Å²) in [6.07, 6.45) is 2.32. The van der Waals surface area contributed by atoms with E-state index in [1.54, 1.807) is 0 Å². The summed E-state index contributed by atoms with van der Waals surface area (Å²) in [7, 11) is 0. The first-order valence-corrected chi connectivity index (χ1v) is 5.04. The summed E-state index contributed by atoms with van der Waals surface area (Å²) < 4.78 is 42.5. The molecule has 0 spiro atoms. The minimum atomic E-state index is -3.80. The number of rotatable bonds is 6. The average Bonchev–Trinajstić information content (AvgIpc) is 2.02. The van der Waals surface area contributed by atoms with E-state index in [-0.39, 0.29) is 6.61 Å². The molecule has 14 heavy (non-hydrogen) atoms. The maximum absolute atomic E-state index is 12.9. The number of hydrogen-bond acceptors (Lipinski definition) is 1. The Labute approximate surface area is 94.4 Å². The summed E-state index contributed by atoms with van der Waals surface area (Å²) in [5.41, 5.74) is 0. The van der Waals surface area contributed by atoms with Gasteiger partial charge in [-0.25, -0.2) is 4.39 Å². The van der Waals surface area contributed by atoms with Gasteiger partial charge in [-0.2, -0.15) is 8.78 Å². The first-order valence-electron chi connectivity index (χ1n) is 3.86. The van der Waals surface area contributed by atoms with E-state index in [1.807, 2.05) is 22.9 Å². The molecule has 1 nitrogen and oxygen atoms in total. The van der Waals surface area contributed by atoms with Gasteiger partial charge < -0.3 is 4.74 Å². The van der Waals surface area contributed by atoms with Crippen LogP contribution in [0.2, 0.25) is 0 Å². The molecule has 0 fully saturated rings. The zero-order chi connectivity index (χ0) is 11.2. The number of hydrogen-bond donors (Lipinski definition) is 0. The van der Waals surface area contributed by atoms with Crippen LogP contribution in [-0.2, 0) is 4.74 Å². The average molecular weight is 295 g/mol. The molecule has 1 unspecified atom stereocenters. The van der Waals surface area contributed by atoms with Crippen LogP contribution >= 0.6 is 27.5 Å². The van der Waals surface area contributed by atoms with Gasteiger partial charge in [0.15, 0.2) is 0 Å². The van der Waals surface area contributed by atoms with E-state index in [9.17, 15) is 13.2 Å². The lowest BCUT2D eigenvalue weighted by molar-refractivity contribution is 0.0215. The molecule has 0 saturated carbocycles. The molecule has 0 aliphatic carbocycles. The van der Waals surface area contributed by atoms with Crippen LogP contribution in [0.4, 0.5) is 13.2 Å². The molecule has 0 heterocycles. The highest BCUT2D eigenvalue weighted by molar-refractivity contribution is 9.10. The first-order chi connectivity index (χ1) is 6.31. The van der Waals surface area contributed by atoms with Crippen LogP contribution in [0.5, 0.6) is 0 Å². The summed E-state index contributed by atoms with van der Waals surface area (Å²) in [6, 6.07) is 0. The lowest BCUT2D eigenvalue weighted by atomic mass is 10.3. The van der Waals surface area contributed by atoms with Crippen LogP contribution < -0.4 is 0 Å². The van der Waals surface area contributed by atoms with Crippen molar-refractivity contribution in [1.29, 1.82) is 0 Å². The number of alkyl halides is 5. The molecule has 0 aromatic rings. The molecule has 0 N–H and O–H groups in total. The smallest absolute Gasteiger partial charge is 0.352 e. The third-order valence-electron chi connectivity index (χ3n) is 1.18. The topological polar surface area (TPSA) is 9.23 Å². The molecular weight excluding hydrogens is 284 g/mol. The molecule has 1 atom stereocenters. The van der Waals surface area contributed by atoms with Crippen LogP contribution in [0.1, 0.15) is 13.3 Å². The summed E-state index contributed by atoms with van der Waals surface area (Å²) in [5, 5.41) is -3.23. The summed E-state index contributed by atoms with van der Waals surface area (Å²) in [5.74, 6) is 0. The Kier molecular flexibility index (Phi) is 6.09. The Morgan fingerprint density at radius 2 is 2.00 bits per heavy atom. The van der Waals surface area contributed by atoms with E-state index >= 15 is 0 Å². The third kappa shape index (κ3) is 5.22. The Hall–Kier alpha value is 0.260. The maximum Gasteiger partial charge on any atom is 0.352 e. The predicted molar refractivity (Wildman–Crippen MR) is 53.2 cm³/mol. The van der Waals surface area contributed by atoms with E-state index < -0.39 is 9.96 Å². The third-order valence-corrected chi connectivity index (χ3v) is 2.35. The molecule has 0 saturated heterocycles. The molecule has 0 aliphatic rings. The summed E-state index contributed by atoms with van der Waals surface area (Å²) in [4.78, 5) is -3.80. The largest absolute Gasteiger partial charge is 0.371 e. The first kappa shape index (κ1) is 14.3. The molecule has 0 bridgehead atoms. The van der Waals surface area contributed by atoms with Crippen LogP contribution in [-0.4, -0.2) is 16.6 Å². The lowest BCUT2D eigenvalue weighted by Crippen LogP contribution is -2.31. The van der Waals surface area contributed by atoms with E-state index in [0.717, 1.165) is 6.08 Å². The highest BCUT2D eigenvalue weighted by atomic mass is 79.9. The van der Waals surface area contributed by atoms with E-state index in [1.165, 1.54) is 6.61 Å². The maximum atomic E-state index is 12.9. The summed E-state index contributed by atoms with van der Waals surface area (Å²) >= 11 is 6.75. The molecular formula is C8H10BrClF3O. The summed E-state index contributed by atoms with van der Waals surface area (Å²) in [6.45, 7) is 3.33. The molecule has 1 radical (unpaired) electrons. The Bertz CT molecular complexity index is 192. The monoisotopic (exact) mass is 293 g/mol. The van der Waals surface area contributed by atoms with Crippen molar-refractivity contribution in [3.05, 3.63) is 18.8 Å². The van der Waals surface area contributed by atoms with Crippen molar-refractivity contribution in [2.75, 3.05) is 6.61 Å². The number of halogens is 5. The van der Waals surface area contributed by atoms with Gasteiger partial charge in [0.1, 0.15) is 0 Å². The fourth-order valence-electron chi connectivity index (χ4n) is 0.532. The number of allylic oxidation sites excluding steroid dienone is 1. The molecule has 0 aliphatic heterocycles. The van der Waals surface area contributed by atoms with Crippen LogP contribution in [0, 0.1) is 6.61 Å². The van der Waals surface area contributed by atoms with Gasteiger partial charge in [0.05, 0.1) is 13.2 Å². The Morgan fingerprint density at radius 3 is 2.43 bits per heavy atom. The van der Waals surface area contributed by atoms with Crippen molar-refractivity contribution < 1.29 is 17.9 Å². The van der Waals surface area contributed by atoms with Gasteiger partial charge in [-0.3, -0.25) is 0 Å². The van der Waals surface area contributed by atoms with Crippen molar-refractivity contribution in [1.82, 2.24) is 0 Å². The Morgan fingerprint density at radius 1 is 1.43 bits per heavy atom. The second kappa shape index (κ2) is 5.98. The molecule has 0 rings (SSSR count). The van der Waals surface area contributed by atoms with Crippen LogP contribution in [0.3, 0.4) is 0 Å². The van der Waals surface area contributed by atoms with E-state index in [0.29, 0.717) is 12.5 Å². The fourth-order valence-corrected chi connectivity index (χ4v) is 0.753. The van der Waals surface area contributed by atoms with Gasteiger partial charge in [0.2, 0.25) is 0 Å². The van der Waals surface area contributed by atoms with Gasteiger partial charge >= 0.3 is 4.83 Å². The minimum Gasteiger partial charge on any atom is -0.371 e. The predicted octanol–water partition coefficient (Wildman–Crippen LogP) is 4.02.